The van der Waals surface area contributed by atoms with Gasteiger partial charge in [-0.3, -0.25) is 4.79 Å². The Morgan fingerprint density at radius 2 is 2.17 bits per heavy atom. The molecule has 0 aromatic heterocycles. The molecule has 0 spiro atoms. The number of nitrogens with one attached hydrogen (secondary N) is 1. The highest BCUT2D eigenvalue weighted by Crippen LogP contribution is 2.36. The van der Waals surface area contributed by atoms with E-state index in [4.69, 9.17) is 6.42 Å². The van der Waals surface area contributed by atoms with Crippen LogP contribution in [0.25, 0.3) is 0 Å². The minimum atomic E-state index is -0.140. The van der Waals surface area contributed by atoms with Crippen LogP contribution in [0.3, 0.4) is 0 Å². The van der Waals surface area contributed by atoms with Crippen LogP contribution in [0.15, 0.2) is 0 Å². The lowest BCUT2D eigenvalue weighted by atomic mass is 10.1. The Bertz CT molecular complexity index is 212. The van der Waals surface area contributed by atoms with Gasteiger partial charge in [0.25, 0.3) is 0 Å². The lowest BCUT2D eigenvalue weighted by Crippen LogP contribution is -2.36. The Hall–Kier alpha value is -0.970. The average molecular weight is 165 g/mol. The summed E-state index contributed by atoms with van der Waals surface area (Å²) in [6, 6.07) is -0.140. The van der Waals surface area contributed by atoms with E-state index in [2.05, 4.69) is 11.2 Å². The van der Waals surface area contributed by atoms with Crippen LogP contribution in [-0.4, -0.2) is 11.9 Å². The summed E-state index contributed by atoms with van der Waals surface area (Å²) in [6.45, 7) is 3.79. The van der Waals surface area contributed by atoms with Gasteiger partial charge in [-0.05, 0) is 25.7 Å². The number of carbonyl (C=O) groups excluding carboxylic acids is 1. The summed E-state index contributed by atoms with van der Waals surface area (Å²) in [6.07, 6.45) is 7.53. The van der Waals surface area contributed by atoms with Gasteiger partial charge in [-0.15, -0.1) is 6.42 Å². The summed E-state index contributed by atoms with van der Waals surface area (Å²) in [5.41, 5.74) is 0. The first-order valence-electron chi connectivity index (χ1n) is 4.41. The highest BCUT2D eigenvalue weighted by atomic mass is 16.1. The normalized spacial score (nSPS) is 20.8. The van der Waals surface area contributed by atoms with Gasteiger partial charge in [0.1, 0.15) is 0 Å². The quantitative estimate of drug-likeness (QED) is 0.625. The Morgan fingerprint density at radius 3 is 2.58 bits per heavy atom. The molecule has 2 heteroatoms. The second-order valence-electron chi connectivity index (χ2n) is 3.52. The van der Waals surface area contributed by atoms with Crippen molar-refractivity contribution in [3.63, 3.8) is 0 Å². The molecule has 2 atom stereocenters. The maximum Gasteiger partial charge on any atom is 0.224 e. The molecule has 0 radical (unpaired) electrons. The van der Waals surface area contributed by atoms with Crippen molar-refractivity contribution in [2.24, 2.45) is 11.8 Å². The van der Waals surface area contributed by atoms with E-state index in [0.29, 0.717) is 5.92 Å². The highest BCUT2D eigenvalue weighted by molar-refractivity contribution is 5.79. The van der Waals surface area contributed by atoms with Crippen LogP contribution in [0.5, 0.6) is 0 Å². The Labute approximate surface area is 73.7 Å². The average Bonchev–Trinajstić information content (AvgIpc) is 2.85. The van der Waals surface area contributed by atoms with Crippen molar-refractivity contribution in [1.29, 1.82) is 0 Å². The van der Waals surface area contributed by atoms with Crippen molar-refractivity contribution in [2.45, 2.75) is 32.7 Å². The third-order valence-corrected chi connectivity index (χ3v) is 2.35. The fourth-order valence-corrected chi connectivity index (χ4v) is 1.20. The summed E-state index contributed by atoms with van der Waals surface area (Å²) in [5, 5.41) is 2.78. The predicted molar refractivity (Wildman–Crippen MR) is 48.3 cm³/mol. The SMILES string of the molecule is C#CC(C)NC(=O)C(C)C1CC1. The topological polar surface area (TPSA) is 29.1 Å². The highest BCUT2D eigenvalue weighted by Gasteiger charge is 2.32. The van der Waals surface area contributed by atoms with E-state index in [1.165, 1.54) is 12.8 Å². The summed E-state index contributed by atoms with van der Waals surface area (Å²) >= 11 is 0. The van der Waals surface area contributed by atoms with Crippen molar-refractivity contribution < 1.29 is 4.79 Å². The van der Waals surface area contributed by atoms with E-state index in [1.807, 2.05) is 13.8 Å². The molecule has 1 amide bonds. The molecular weight excluding hydrogens is 150 g/mol. The predicted octanol–water partition coefficient (Wildman–Crippen LogP) is 1.17. The fourth-order valence-electron chi connectivity index (χ4n) is 1.20. The molecule has 1 saturated carbocycles. The van der Waals surface area contributed by atoms with E-state index in [9.17, 15) is 4.79 Å². The molecule has 2 nitrogen and oxygen atoms in total. The summed E-state index contributed by atoms with van der Waals surface area (Å²) < 4.78 is 0. The van der Waals surface area contributed by atoms with E-state index in [1.54, 1.807) is 0 Å². The zero-order valence-corrected chi connectivity index (χ0v) is 7.63. The van der Waals surface area contributed by atoms with Gasteiger partial charge in [0.15, 0.2) is 0 Å². The maximum atomic E-state index is 11.4. The molecule has 0 heterocycles. The van der Waals surface area contributed by atoms with Gasteiger partial charge in [-0.25, -0.2) is 0 Å². The number of terminal acetylenes is 1. The third-order valence-electron chi connectivity index (χ3n) is 2.35. The van der Waals surface area contributed by atoms with E-state index in [0.717, 1.165) is 0 Å². The first-order chi connectivity index (χ1) is 5.65. The molecule has 12 heavy (non-hydrogen) atoms. The van der Waals surface area contributed by atoms with Gasteiger partial charge in [0.2, 0.25) is 5.91 Å². The van der Waals surface area contributed by atoms with Crippen molar-refractivity contribution in [2.75, 3.05) is 0 Å². The van der Waals surface area contributed by atoms with Crippen molar-refractivity contribution >= 4 is 5.91 Å². The molecule has 1 aliphatic carbocycles. The number of hydrogen-bond acceptors (Lipinski definition) is 1. The molecule has 0 aromatic carbocycles. The van der Waals surface area contributed by atoms with Crippen molar-refractivity contribution in [3.05, 3.63) is 0 Å². The molecule has 1 N–H and O–H groups in total. The smallest absolute Gasteiger partial charge is 0.224 e. The van der Waals surface area contributed by atoms with Gasteiger partial charge >= 0.3 is 0 Å². The van der Waals surface area contributed by atoms with Gasteiger partial charge < -0.3 is 5.32 Å². The Morgan fingerprint density at radius 1 is 1.58 bits per heavy atom. The molecule has 0 aliphatic heterocycles. The van der Waals surface area contributed by atoms with E-state index < -0.39 is 0 Å². The van der Waals surface area contributed by atoms with Crippen LogP contribution in [0, 0.1) is 24.2 Å². The molecule has 0 aromatic rings. The summed E-state index contributed by atoms with van der Waals surface area (Å²) in [4.78, 5) is 11.4. The van der Waals surface area contributed by atoms with Crippen molar-refractivity contribution in [1.82, 2.24) is 5.32 Å². The van der Waals surface area contributed by atoms with Crippen LogP contribution in [0.2, 0.25) is 0 Å². The zero-order chi connectivity index (χ0) is 9.14. The molecule has 2 unspecified atom stereocenters. The second kappa shape index (κ2) is 3.62. The Balaban J connectivity index is 2.32. The minimum Gasteiger partial charge on any atom is -0.343 e. The zero-order valence-electron chi connectivity index (χ0n) is 7.63. The van der Waals surface area contributed by atoms with Crippen LogP contribution in [-0.2, 0) is 4.79 Å². The number of rotatable bonds is 3. The molecular formula is C10H15NO. The summed E-state index contributed by atoms with van der Waals surface area (Å²) in [7, 11) is 0. The van der Waals surface area contributed by atoms with Gasteiger partial charge in [-0.2, -0.15) is 0 Å². The van der Waals surface area contributed by atoms with Crippen LogP contribution >= 0.6 is 0 Å². The van der Waals surface area contributed by atoms with E-state index in [-0.39, 0.29) is 17.9 Å². The van der Waals surface area contributed by atoms with Crippen molar-refractivity contribution in [3.8, 4) is 12.3 Å². The van der Waals surface area contributed by atoms with Crippen LogP contribution < -0.4 is 5.32 Å². The molecule has 66 valence electrons. The number of carbonyl (C=O) groups is 1. The summed E-state index contributed by atoms with van der Waals surface area (Å²) in [5.74, 6) is 3.32. The van der Waals surface area contributed by atoms with Gasteiger partial charge in [-0.1, -0.05) is 12.8 Å². The standard InChI is InChI=1S/C10H15NO/c1-4-7(2)11-10(12)8(3)9-5-6-9/h1,7-9H,5-6H2,2-3H3,(H,11,12). The minimum absolute atomic E-state index is 0.1000. The van der Waals surface area contributed by atoms with Gasteiger partial charge in [0.05, 0.1) is 6.04 Å². The largest absolute Gasteiger partial charge is 0.343 e. The van der Waals surface area contributed by atoms with Crippen LogP contribution in [0.4, 0.5) is 0 Å². The monoisotopic (exact) mass is 165 g/mol. The molecule has 0 bridgehead atoms. The van der Waals surface area contributed by atoms with Gasteiger partial charge in [0, 0.05) is 5.92 Å². The third kappa shape index (κ3) is 2.27. The molecule has 0 saturated heterocycles. The Kier molecular flexibility index (Phi) is 2.75. The van der Waals surface area contributed by atoms with Crippen LogP contribution in [0.1, 0.15) is 26.7 Å². The molecule has 1 aliphatic rings. The lowest BCUT2D eigenvalue weighted by Gasteiger charge is -2.12. The first-order valence-corrected chi connectivity index (χ1v) is 4.41. The number of amides is 1. The maximum absolute atomic E-state index is 11.4. The number of hydrogen-bond donors (Lipinski definition) is 1. The van der Waals surface area contributed by atoms with E-state index >= 15 is 0 Å². The lowest BCUT2D eigenvalue weighted by molar-refractivity contribution is -0.125. The second-order valence-corrected chi connectivity index (χ2v) is 3.52. The fraction of sp³-hybridized carbons (Fsp3) is 0.700. The molecule has 1 rings (SSSR count). The first kappa shape index (κ1) is 9.12. The molecule has 1 fully saturated rings.